The number of amides is 1. The molecular weight excluding hydrogens is 381 g/mol. The van der Waals surface area contributed by atoms with E-state index < -0.39 is 34.7 Å². The number of ether oxygens (including phenoxy) is 1. The van der Waals surface area contributed by atoms with Crippen LogP contribution in [0.4, 0.5) is 22.0 Å². The molecule has 0 aromatic heterocycles. The molecule has 0 radical (unpaired) electrons. The first-order valence-electron chi connectivity index (χ1n) is 8.70. The number of rotatable bonds is 4. The minimum atomic E-state index is -4.47. The Kier molecular flexibility index (Phi) is 5.69. The number of hydrogen-bond acceptors (Lipinski definition) is 2. The number of benzene rings is 2. The zero-order chi connectivity index (χ0) is 20.4. The lowest BCUT2D eigenvalue weighted by molar-refractivity contribution is -0.137. The van der Waals surface area contributed by atoms with Gasteiger partial charge in [-0.25, -0.2) is 8.78 Å². The zero-order valence-electron chi connectivity index (χ0n) is 14.8. The van der Waals surface area contributed by atoms with E-state index in [9.17, 15) is 26.7 Å². The summed E-state index contributed by atoms with van der Waals surface area (Å²) in [5, 5.41) is 2.65. The molecular formula is C20H18F5NO2. The Labute approximate surface area is 158 Å². The molecule has 1 N–H and O–H groups in total. The summed E-state index contributed by atoms with van der Waals surface area (Å²) in [5.74, 6) is -2.84. The van der Waals surface area contributed by atoms with Crippen LogP contribution in [0.2, 0.25) is 0 Å². The van der Waals surface area contributed by atoms with Crippen molar-refractivity contribution >= 4 is 5.91 Å². The van der Waals surface area contributed by atoms with E-state index in [1.165, 1.54) is 6.07 Å². The van der Waals surface area contributed by atoms with Crippen molar-refractivity contribution in [3.05, 3.63) is 70.8 Å². The molecule has 3 rings (SSSR count). The Morgan fingerprint density at radius 2 is 1.75 bits per heavy atom. The van der Waals surface area contributed by atoms with Crippen molar-refractivity contribution < 1.29 is 31.5 Å². The van der Waals surface area contributed by atoms with Gasteiger partial charge in [0.25, 0.3) is 5.91 Å². The minimum Gasteiger partial charge on any atom is -0.381 e. The molecule has 1 saturated heterocycles. The Morgan fingerprint density at radius 1 is 1.04 bits per heavy atom. The average molecular weight is 399 g/mol. The smallest absolute Gasteiger partial charge is 0.381 e. The molecule has 1 aliphatic heterocycles. The molecule has 3 nitrogen and oxygen atoms in total. The first kappa shape index (κ1) is 20.3. The number of hydrogen-bond donors (Lipinski definition) is 1. The molecule has 150 valence electrons. The molecule has 1 fully saturated rings. The summed E-state index contributed by atoms with van der Waals surface area (Å²) in [6, 6.07) is 7.81. The lowest BCUT2D eigenvalue weighted by atomic mass is 9.73. The lowest BCUT2D eigenvalue weighted by Crippen LogP contribution is -2.44. The van der Waals surface area contributed by atoms with Crippen molar-refractivity contribution in [1.29, 1.82) is 0 Å². The van der Waals surface area contributed by atoms with Gasteiger partial charge >= 0.3 is 6.18 Å². The van der Waals surface area contributed by atoms with Gasteiger partial charge in [0.15, 0.2) is 11.6 Å². The number of nitrogens with one attached hydrogen (secondary N) is 1. The Morgan fingerprint density at radius 3 is 2.39 bits per heavy atom. The van der Waals surface area contributed by atoms with E-state index in [-0.39, 0.29) is 12.1 Å². The van der Waals surface area contributed by atoms with E-state index >= 15 is 0 Å². The topological polar surface area (TPSA) is 38.3 Å². The van der Waals surface area contributed by atoms with Gasteiger partial charge in [-0.05, 0) is 42.7 Å². The van der Waals surface area contributed by atoms with Crippen LogP contribution >= 0.6 is 0 Å². The molecule has 28 heavy (non-hydrogen) atoms. The third-order valence-electron chi connectivity index (χ3n) is 5.02. The van der Waals surface area contributed by atoms with Crippen molar-refractivity contribution in [2.45, 2.75) is 24.4 Å². The molecule has 1 aliphatic rings. The van der Waals surface area contributed by atoms with E-state index in [1.807, 2.05) is 0 Å². The molecule has 2 aromatic carbocycles. The number of alkyl halides is 3. The second-order valence-corrected chi connectivity index (χ2v) is 6.78. The predicted octanol–water partition coefficient (Wildman–Crippen LogP) is 4.46. The monoisotopic (exact) mass is 399 g/mol. The molecule has 0 atom stereocenters. The normalized spacial score (nSPS) is 16.6. The summed E-state index contributed by atoms with van der Waals surface area (Å²) >= 11 is 0. The Bertz CT molecular complexity index is 860. The zero-order valence-corrected chi connectivity index (χ0v) is 14.8. The van der Waals surface area contributed by atoms with Crippen molar-refractivity contribution in [2.24, 2.45) is 0 Å². The summed E-state index contributed by atoms with van der Waals surface area (Å²) in [5.41, 5.74) is -1.11. The molecule has 0 bridgehead atoms. The lowest BCUT2D eigenvalue weighted by Gasteiger charge is -2.38. The molecule has 0 saturated carbocycles. The third-order valence-corrected chi connectivity index (χ3v) is 5.02. The first-order chi connectivity index (χ1) is 13.2. The van der Waals surface area contributed by atoms with Crippen LogP contribution in [0.25, 0.3) is 0 Å². The highest BCUT2D eigenvalue weighted by Gasteiger charge is 2.37. The molecule has 1 heterocycles. The highest BCUT2D eigenvalue weighted by molar-refractivity contribution is 5.94. The largest absolute Gasteiger partial charge is 0.416 e. The Balaban J connectivity index is 1.84. The van der Waals surface area contributed by atoms with E-state index in [0.717, 1.165) is 30.3 Å². The van der Waals surface area contributed by atoms with Gasteiger partial charge in [-0.15, -0.1) is 0 Å². The van der Waals surface area contributed by atoms with Gasteiger partial charge in [0.05, 0.1) is 5.56 Å². The van der Waals surface area contributed by atoms with E-state index in [4.69, 9.17) is 4.74 Å². The quantitative estimate of drug-likeness (QED) is 0.771. The highest BCUT2D eigenvalue weighted by atomic mass is 19.4. The van der Waals surface area contributed by atoms with Crippen molar-refractivity contribution in [3.8, 4) is 0 Å². The second-order valence-electron chi connectivity index (χ2n) is 6.78. The van der Waals surface area contributed by atoms with Gasteiger partial charge in [0, 0.05) is 30.7 Å². The Hall–Kier alpha value is -2.48. The molecule has 8 heteroatoms. The maximum atomic E-state index is 13.4. The van der Waals surface area contributed by atoms with Crippen LogP contribution in [-0.2, 0) is 16.3 Å². The van der Waals surface area contributed by atoms with E-state index in [1.54, 1.807) is 6.07 Å². The summed E-state index contributed by atoms with van der Waals surface area (Å²) < 4.78 is 71.0. The SMILES string of the molecule is O=C(NCC1(c2cccc(C(F)(F)F)c2)CCOCC1)c1ccc(F)c(F)c1. The predicted molar refractivity (Wildman–Crippen MR) is 91.9 cm³/mol. The fourth-order valence-electron chi connectivity index (χ4n) is 3.34. The molecule has 0 aliphatic carbocycles. The van der Waals surface area contributed by atoms with Gasteiger partial charge in [-0.2, -0.15) is 13.2 Å². The summed E-state index contributed by atoms with van der Waals surface area (Å²) in [6.07, 6.45) is -3.63. The van der Waals surface area contributed by atoms with Crippen LogP contribution in [0.3, 0.4) is 0 Å². The maximum Gasteiger partial charge on any atom is 0.416 e. The number of carbonyl (C=O) groups is 1. The van der Waals surface area contributed by atoms with Crippen molar-refractivity contribution in [1.82, 2.24) is 5.32 Å². The van der Waals surface area contributed by atoms with Crippen LogP contribution in [0.1, 0.15) is 34.3 Å². The van der Waals surface area contributed by atoms with Crippen LogP contribution in [0.5, 0.6) is 0 Å². The summed E-state index contributed by atoms with van der Waals surface area (Å²) in [7, 11) is 0. The molecule has 2 aromatic rings. The van der Waals surface area contributed by atoms with Gasteiger partial charge in [0.2, 0.25) is 0 Å². The fraction of sp³-hybridized carbons (Fsp3) is 0.350. The van der Waals surface area contributed by atoms with Crippen molar-refractivity contribution in [3.63, 3.8) is 0 Å². The highest BCUT2D eigenvalue weighted by Crippen LogP contribution is 2.37. The van der Waals surface area contributed by atoms with Crippen molar-refractivity contribution in [2.75, 3.05) is 19.8 Å². The fourth-order valence-corrected chi connectivity index (χ4v) is 3.34. The maximum absolute atomic E-state index is 13.4. The third kappa shape index (κ3) is 4.32. The van der Waals surface area contributed by atoms with E-state index in [2.05, 4.69) is 5.32 Å². The summed E-state index contributed by atoms with van der Waals surface area (Å²) in [6.45, 7) is 0.740. The van der Waals surface area contributed by atoms with Gasteiger partial charge in [0.1, 0.15) is 0 Å². The van der Waals surface area contributed by atoms with Gasteiger partial charge in [-0.3, -0.25) is 4.79 Å². The van der Waals surface area contributed by atoms with Crippen LogP contribution in [0, 0.1) is 11.6 Å². The molecule has 1 amide bonds. The van der Waals surface area contributed by atoms with Crippen LogP contribution in [-0.4, -0.2) is 25.7 Å². The summed E-state index contributed by atoms with van der Waals surface area (Å²) in [4.78, 5) is 12.3. The number of halogens is 5. The molecule has 0 unspecified atom stereocenters. The van der Waals surface area contributed by atoms with Crippen LogP contribution < -0.4 is 5.32 Å². The standard InChI is InChI=1S/C20H18F5NO2/c21-16-5-4-13(10-17(16)22)18(27)26-12-19(6-8-28-9-7-19)14-2-1-3-15(11-14)20(23,24)25/h1-5,10-11H,6-9,12H2,(H,26,27). The second kappa shape index (κ2) is 7.87. The van der Waals surface area contributed by atoms with Gasteiger partial charge in [-0.1, -0.05) is 18.2 Å². The average Bonchev–Trinajstić information content (AvgIpc) is 2.68. The minimum absolute atomic E-state index is 0.0511. The van der Waals surface area contributed by atoms with Gasteiger partial charge < -0.3 is 10.1 Å². The van der Waals surface area contributed by atoms with E-state index in [0.29, 0.717) is 31.6 Å². The van der Waals surface area contributed by atoms with Crippen LogP contribution in [0.15, 0.2) is 42.5 Å². The first-order valence-corrected chi connectivity index (χ1v) is 8.70. The molecule has 0 spiro atoms. The number of carbonyl (C=O) groups excluding carboxylic acids is 1.